The van der Waals surface area contributed by atoms with Gasteiger partial charge in [0.05, 0.1) is 16.4 Å². The molecular weight excluding hydrogens is 228 g/mol. The van der Waals surface area contributed by atoms with Gasteiger partial charge in [0.15, 0.2) is 0 Å². The van der Waals surface area contributed by atoms with Gasteiger partial charge in [-0.15, -0.1) is 0 Å². The molecule has 4 heteroatoms. The Hall–Kier alpha value is -1.06. The molecule has 0 saturated carbocycles. The lowest BCUT2D eigenvalue weighted by molar-refractivity contribution is 0.638. The number of nitrogens with zero attached hydrogens (tertiary/aromatic N) is 2. The predicted octanol–water partition coefficient (Wildman–Crippen LogP) is 3.51. The van der Waals surface area contributed by atoms with E-state index in [9.17, 15) is 0 Å². The molecular formula is C11H11ClN2S. The van der Waals surface area contributed by atoms with Crippen LogP contribution in [0.5, 0.6) is 0 Å². The Kier molecular flexibility index (Phi) is 2.67. The third-order valence-corrected chi connectivity index (χ3v) is 3.43. The van der Waals surface area contributed by atoms with Gasteiger partial charge in [0.2, 0.25) is 0 Å². The first-order valence-corrected chi connectivity index (χ1v) is 5.41. The van der Waals surface area contributed by atoms with Crippen LogP contribution in [0.1, 0.15) is 5.69 Å². The fraction of sp³-hybridized carbons (Fsp3) is 0.182. The number of rotatable bonds is 1. The van der Waals surface area contributed by atoms with E-state index >= 15 is 0 Å². The van der Waals surface area contributed by atoms with Gasteiger partial charge < -0.3 is 0 Å². The fourth-order valence-corrected chi connectivity index (χ4v) is 2.11. The van der Waals surface area contributed by atoms with Crippen LogP contribution in [0.15, 0.2) is 30.3 Å². The Labute approximate surface area is 98.7 Å². The molecule has 0 amide bonds. The monoisotopic (exact) mass is 238 g/mol. The molecule has 2 nitrogen and oxygen atoms in total. The van der Waals surface area contributed by atoms with Crippen molar-refractivity contribution in [2.75, 3.05) is 0 Å². The summed E-state index contributed by atoms with van der Waals surface area (Å²) in [6, 6.07) is 9.95. The van der Waals surface area contributed by atoms with Gasteiger partial charge in [0.1, 0.15) is 4.64 Å². The fourth-order valence-electron chi connectivity index (χ4n) is 1.54. The van der Waals surface area contributed by atoms with Crippen LogP contribution in [0.2, 0.25) is 5.02 Å². The lowest BCUT2D eigenvalue weighted by Crippen LogP contribution is -2.07. The third kappa shape index (κ3) is 1.62. The quantitative estimate of drug-likeness (QED) is 0.692. The van der Waals surface area contributed by atoms with Crippen molar-refractivity contribution in [2.24, 2.45) is 7.05 Å². The number of para-hydroxylation sites is 1. The molecule has 1 aromatic carbocycles. The highest BCUT2D eigenvalue weighted by molar-refractivity contribution is 7.71. The molecule has 1 aromatic heterocycles. The lowest BCUT2D eigenvalue weighted by Gasteiger charge is -2.08. The van der Waals surface area contributed by atoms with E-state index in [2.05, 4.69) is 0 Å². The molecule has 0 spiro atoms. The molecule has 0 radical (unpaired) electrons. The first-order valence-electron chi connectivity index (χ1n) is 4.62. The van der Waals surface area contributed by atoms with Crippen LogP contribution in [0.3, 0.4) is 0 Å². The van der Waals surface area contributed by atoms with Crippen molar-refractivity contribution in [3.63, 3.8) is 0 Å². The number of benzene rings is 1. The maximum Gasteiger partial charge on any atom is 0.146 e. The minimum absolute atomic E-state index is 0.649. The highest BCUT2D eigenvalue weighted by atomic mass is 35.5. The summed E-state index contributed by atoms with van der Waals surface area (Å²) >= 11 is 11.4. The Balaban J connectivity index is 2.75. The summed E-state index contributed by atoms with van der Waals surface area (Å²) in [6.07, 6.45) is 0. The van der Waals surface area contributed by atoms with Crippen LogP contribution >= 0.6 is 23.8 Å². The van der Waals surface area contributed by atoms with Crippen LogP contribution in [0.25, 0.3) is 5.69 Å². The number of halogens is 1. The summed E-state index contributed by atoms with van der Waals surface area (Å²) in [5, 5.41) is 0.649. The average molecular weight is 239 g/mol. The van der Waals surface area contributed by atoms with Crippen molar-refractivity contribution in [1.29, 1.82) is 0 Å². The van der Waals surface area contributed by atoms with Crippen molar-refractivity contribution in [1.82, 2.24) is 9.36 Å². The van der Waals surface area contributed by atoms with E-state index < -0.39 is 0 Å². The summed E-state index contributed by atoms with van der Waals surface area (Å²) in [6.45, 7) is 1.96. The Morgan fingerprint density at radius 1 is 1.20 bits per heavy atom. The molecule has 0 saturated heterocycles. The molecule has 0 aliphatic heterocycles. The Morgan fingerprint density at radius 2 is 1.80 bits per heavy atom. The standard InChI is InChI=1S/C11H11ClN2S/c1-8-10(12)11(15)14(13(8)2)9-6-4-3-5-7-9/h3-7H,1-2H3. The first kappa shape index (κ1) is 10.5. The summed E-state index contributed by atoms with van der Waals surface area (Å²) in [7, 11) is 1.95. The topological polar surface area (TPSA) is 9.86 Å². The minimum atomic E-state index is 0.649. The van der Waals surface area contributed by atoms with Crippen molar-refractivity contribution in [3.8, 4) is 5.69 Å². The van der Waals surface area contributed by atoms with Crippen molar-refractivity contribution in [2.45, 2.75) is 6.92 Å². The van der Waals surface area contributed by atoms with Gasteiger partial charge >= 0.3 is 0 Å². The second kappa shape index (κ2) is 3.83. The zero-order valence-corrected chi connectivity index (χ0v) is 10.1. The largest absolute Gasteiger partial charge is 0.286 e. The van der Waals surface area contributed by atoms with Gasteiger partial charge in [-0.1, -0.05) is 42.0 Å². The smallest absolute Gasteiger partial charge is 0.146 e. The zero-order valence-electron chi connectivity index (χ0n) is 8.57. The highest BCUT2D eigenvalue weighted by Crippen LogP contribution is 2.21. The van der Waals surface area contributed by atoms with E-state index in [1.165, 1.54) is 0 Å². The first-order chi connectivity index (χ1) is 7.13. The van der Waals surface area contributed by atoms with Crippen LogP contribution in [-0.4, -0.2) is 9.36 Å². The maximum atomic E-state index is 6.11. The van der Waals surface area contributed by atoms with Crippen LogP contribution in [-0.2, 0) is 7.05 Å². The molecule has 1 heterocycles. The molecule has 0 aliphatic carbocycles. The molecule has 0 fully saturated rings. The second-order valence-corrected chi connectivity index (χ2v) is 4.14. The molecule has 78 valence electrons. The lowest BCUT2D eigenvalue weighted by atomic mass is 10.3. The Bertz CT molecular complexity index is 540. The van der Waals surface area contributed by atoms with E-state index in [-0.39, 0.29) is 0 Å². The normalized spacial score (nSPS) is 10.6. The van der Waals surface area contributed by atoms with Crippen molar-refractivity contribution in [3.05, 3.63) is 45.7 Å². The number of hydrogen-bond donors (Lipinski definition) is 0. The summed E-state index contributed by atoms with van der Waals surface area (Å²) in [5.41, 5.74) is 2.01. The van der Waals surface area contributed by atoms with E-state index in [0.29, 0.717) is 9.66 Å². The third-order valence-electron chi connectivity index (χ3n) is 2.48. The molecule has 15 heavy (non-hydrogen) atoms. The molecule has 0 N–H and O–H groups in total. The van der Waals surface area contributed by atoms with E-state index in [1.807, 2.05) is 53.7 Å². The van der Waals surface area contributed by atoms with Gasteiger partial charge in [-0.3, -0.25) is 4.68 Å². The molecule has 2 aromatic rings. The van der Waals surface area contributed by atoms with Gasteiger partial charge in [-0.2, -0.15) is 0 Å². The van der Waals surface area contributed by atoms with Crippen LogP contribution in [0.4, 0.5) is 0 Å². The summed E-state index contributed by atoms with van der Waals surface area (Å²) in [4.78, 5) is 0. The summed E-state index contributed by atoms with van der Waals surface area (Å²) < 4.78 is 4.54. The van der Waals surface area contributed by atoms with Crippen molar-refractivity contribution < 1.29 is 0 Å². The second-order valence-electron chi connectivity index (χ2n) is 3.38. The maximum absolute atomic E-state index is 6.11. The molecule has 2 rings (SSSR count). The van der Waals surface area contributed by atoms with E-state index in [4.69, 9.17) is 23.8 Å². The van der Waals surface area contributed by atoms with Gasteiger partial charge in [-0.05, 0) is 19.1 Å². The van der Waals surface area contributed by atoms with Gasteiger partial charge in [0, 0.05) is 7.05 Å². The van der Waals surface area contributed by atoms with Gasteiger partial charge in [-0.25, -0.2) is 4.68 Å². The van der Waals surface area contributed by atoms with Crippen molar-refractivity contribution >= 4 is 23.8 Å². The van der Waals surface area contributed by atoms with E-state index in [1.54, 1.807) is 0 Å². The molecule has 0 aliphatic rings. The summed E-state index contributed by atoms with van der Waals surface area (Å²) in [5.74, 6) is 0. The molecule has 0 bridgehead atoms. The Morgan fingerprint density at radius 3 is 2.27 bits per heavy atom. The molecule has 0 atom stereocenters. The number of aromatic nitrogens is 2. The van der Waals surface area contributed by atoms with E-state index in [0.717, 1.165) is 11.4 Å². The van der Waals surface area contributed by atoms with Crippen LogP contribution < -0.4 is 0 Å². The SMILES string of the molecule is Cc1c(Cl)c(=S)n(-c2ccccc2)n1C. The predicted molar refractivity (Wildman–Crippen MR) is 65.3 cm³/mol. The highest BCUT2D eigenvalue weighted by Gasteiger charge is 2.10. The zero-order chi connectivity index (χ0) is 11.0. The average Bonchev–Trinajstić information content (AvgIpc) is 2.45. The molecule has 0 unspecified atom stereocenters. The number of hydrogen-bond acceptors (Lipinski definition) is 1. The van der Waals surface area contributed by atoms with Gasteiger partial charge in [0.25, 0.3) is 0 Å². The minimum Gasteiger partial charge on any atom is -0.286 e. The van der Waals surface area contributed by atoms with Crippen LogP contribution in [0, 0.1) is 11.6 Å².